The van der Waals surface area contributed by atoms with E-state index in [4.69, 9.17) is 0 Å². The van der Waals surface area contributed by atoms with Crippen LogP contribution in [0.15, 0.2) is 24.3 Å². The first-order valence-corrected chi connectivity index (χ1v) is 6.04. The minimum absolute atomic E-state index is 0.446. The van der Waals surface area contributed by atoms with Crippen LogP contribution in [0.5, 0.6) is 0 Å². The molecule has 0 aliphatic rings. The lowest BCUT2D eigenvalue weighted by Crippen LogP contribution is -2.23. The molecule has 0 aromatic heterocycles. The zero-order chi connectivity index (χ0) is 12.0. The van der Waals surface area contributed by atoms with Gasteiger partial charge in [-0.15, -0.1) is 0 Å². The molecule has 0 spiro atoms. The fourth-order valence-electron chi connectivity index (χ4n) is 1.77. The van der Waals surface area contributed by atoms with Crippen molar-refractivity contribution in [1.82, 2.24) is 10.2 Å². The van der Waals surface area contributed by atoms with Crippen LogP contribution in [0, 0.1) is 6.92 Å². The summed E-state index contributed by atoms with van der Waals surface area (Å²) in [6.45, 7) is 6.59. The summed E-state index contributed by atoms with van der Waals surface area (Å²) in [4.78, 5) is 2.22. The van der Waals surface area contributed by atoms with E-state index in [0.29, 0.717) is 6.04 Å². The Hall–Kier alpha value is -0.860. The van der Waals surface area contributed by atoms with Gasteiger partial charge < -0.3 is 10.2 Å². The van der Waals surface area contributed by atoms with Gasteiger partial charge in [0.25, 0.3) is 0 Å². The van der Waals surface area contributed by atoms with E-state index in [9.17, 15) is 0 Å². The van der Waals surface area contributed by atoms with Crippen LogP contribution in [0.4, 0.5) is 0 Å². The van der Waals surface area contributed by atoms with Gasteiger partial charge >= 0.3 is 0 Å². The molecule has 1 N–H and O–H groups in total. The number of aryl methyl sites for hydroxylation is 1. The molecule has 1 atom stereocenters. The highest BCUT2D eigenvalue weighted by Gasteiger charge is 2.03. The van der Waals surface area contributed by atoms with E-state index in [0.717, 1.165) is 13.1 Å². The van der Waals surface area contributed by atoms with Gasteiger partial charge in [0.2, 0.25) is 0 Å². The smallest absolute Gasteiger partial charge is 0.0291 e. The molecular formula is C14H24N2. The van der Waals surface area contributed by atoms with Crippen LogP contribution in [-0.4, -0.2) is 32.1 Å². The topological polar surface area (TPSA) is 15.3 Å². The Bertz CT molecular complexity index is 307. The molecule has 0 unspecified atom stereocenters. The maximum Gasteiger partial charge on any atom is 0.0291 e. The molecule has 0 bridgehead atoms. The van der Waals surface area contributed by atoms with Crippen LogP contribution in [0.1, 0.15) is 30.5 Å². The van der Waals surface area contributed by atoms with Crippen LogP contribution < -0.4 is 5.32 Å². The quantitative estimate of drug-likeness (QED) is 0.741. The van der Waals surface area contributed by atoms with Crippen LogP contribution in [0.25, 0.3) is 0 Å². The molecule has 0 fully saturated rings. The molecule has 0 aliphatic carbocycles. The minimum Gasteiger partial charge on any atom is -0.310 e. The number of benzene rings is 1. The Morgan fingerprint density at radius 2 is 2.06 bits per heavy atom. The summed E-state index contributed by atoms with van der Waals surface area (Å²) in [6, 6.07) is 9.16. The van der Waals surface area contributed by atoms with Gasteiger partial charge in [-0.2, -0.15) is 0 Å². The van der Waals surface area contributed by atoms with Crippen molar-refractivity contribution in [2.75, 3.05) is 27.2 Å². The Balaban J connectivity index is 2.32. The first-order chi connectivity index (χ1) is 7.59. The van der Waals surface area contributed by atoms with Crippen molar-refractivity contribution in [2.45, 2.75) is 26.3 Å². The van der Waals surface area contributed by atoms with Gasteiger partial charge in [-0.25, -0.2) is 0 Å². The highest BCUT2D eigenvalue weighted by atomic mass is 15.1. The van der Waals surface area contributed by atoms with Gasteiger partial charge in [0, 0.05) is 6.04 Å². The van der Waals surface area contributed by atoms with E-state index < -0.39 is 0 Å². The number of nitrogens with one attached hydrogen (secondary N) is 1. The lowest BCUT2D eigenvalue weighted by atomic mass is 10.1. The lowest BCUT2D eigenvalue weighted by Gasteiger charge is -2.16. The summed E-state index contributed by atoms with van der Waals surface area (Å²) in [6.07, 6.45) is 1.20. The standard InChI is InChI=1S/C14H24N2/c1-12-7-5-8-14(11-12)13(2)15-9-6-10-16(3)4/h5,7-8,11,13,15H,6,9-10H2,1-4H3/t13-/m0/s1. The van der Waals surface area contributed by atoms with E-state index in [1.54, 1.807) is 0 Å². The minimum atomic E-state index is 0.446. The summed E-state index contributed by atoms with van der Waals surface area (Å²) in [5.74, 6) is 0. The van der Waals surface area contributed by atoms with Crippen molar-refractivity contribution in [3.63, 3.8) is 0 Å². The Labute approximate surface area is 99.7 Å². The van der Waals surface area contributed by atoms with Crippen molar-refractivity contribution in [1.29, 1.82) is 0 Å². The van der Waals surface area contributed by atoms with Crippen LogP contribution in [0.2, 0.25) is 0 Å². The first kappa shape index (κ1) is 13.2. The molecule has 0 saturated carbocycles. The van der Waals surface area contributed by atoms with E-state index in [2.05, 4.69) is 62.4 Å². The molecule has 1 aromatic carbocycles. The predicted octanol–water partition coefficient (Wildman–Crippen LogP) is 2.60. The van der Waals surface area contributed by atoms with Gasteiger partial charge in [-0.3, -0.25) is 0 Å². The molecule has 0 radical (unpaired) electrons. The summed E-state index contributed by atoms with van der Waals surface area (Å²) in [7, 11) is 4.23. The van der Waals surface area contributed by atoms with Crippen molar-refractivity contribution in [2.24, 2.45) is 0 Å². The predicted molar refractivity (Wildman–Crippen MR) is 70.8 cm³/mol. The van der Waals surface area contributed by atoms with Gasteiger partial charge in [0.05, 0.1) is 0 Å². The van der Waals surface area contributed by atoms with Gasteiger partial charge in [-0.1, -0.05) is 29.8 Å². The maximum atomic E-state index is 3.55. The van der Waals surface area contributed by atoms with E-state index in [-0.39, 0.29) is 0 Å². The second-order valence-electron chi connectivity index (χ2n) is 4.75. The van der Waals surface area contributed by atoms with Crippen LogP contribution in [-0.2, 0) is 0 Å². The molecule has 1 rings (SSSR count). The maximum absolute atomic E-state index is 3.55. The Morgan fingerprint density at radius 1 is 1.31 bits per heavy atom. The molecular weight excluding hydrogens is 196 g/mol. The normalized spacial score (nSPS) is 13.1. The fraction of sp³-hybridized carbons (Fsp3) is 0.571. The fourth-order valence-corrected chi connectivity index (χ4v) is 1.77. The second kappa shape index (κ2) is 6.66. The first-order valence-electron chi connectivity index (χ1n) is 6.04. The zero-order valence-electron chi connectivity index (χ0n) is 11.0. The van der Waals surface area contributed by atoms with Crippen molar-refractivity contribution in [3.05, 3.63) is 35.4 Å². The molecule has 2 heteroatoms. The third-order valence-corrected chi connectivity index (χ3v) is 2.77. The molecule has 0 heterocycles. The molecule has 0 aliphatic heterocycles. The number of hydrogen-bond donors (Lipinski definition) is 1. The Kier molecular flexibility index (Phi) is 5.50. The number of rotatable bonds is 6. The van der Waals surface area contributed by atoms with Gasteiger partial charge in [0.15, 0.2) is 0 Å². The van der Waals surface area contributed by atoms with E-state index in [1.165, 1.54) is 17.5 Å². The largest absolute Gasteiger partial charge is 0.310 e. The highest BCUT2D eigenvalue weighted by Crippen LogP contribution is 2.13. The average Bonchev–Trinajstić information content (AvgIpc) is 2.24. The van der Waals surface area contributed by atoms with E-state index >= 15 is 0 Å². The number of nitrogens with zero attached hydrogens (tertiary/aromatic N) is 1. The second-order valence-corrected chi connectivity index (χ2v) is 4.75. The average molecular weight is 220 g/mol. The third kappa shape index (κ3) is 4.77. The molecule has 0 saturated heterocycles. The Morgan fingerprint density at radius 3 is 2.69 bits per heavy atom. The summed E-state index contributed by atoms with van der Waals surface area (Å²) in [5, 5.41) is 3.55. The zero-order valence-corrected chi connectivity index (χ0v) is 11.0. The van der Waals surface area contributed by atoms with Gasteiger partial charge in [-0.05, 0) is 53.0 Å². The molecule has 0 amide bonds. The van der Waals surface area contributed by atoms with E-state index in [1.807, 2.05) is 0 Å². The number of hydrogen-bond acceptors (Lipinski definition) is 2. The molecule has 90 valence electrons. The molecule has 2 nitrogen and oxygen atoms in total. The SMILES string of the molecule is Cc1cccc([C@H](C)NCCCN(C)C)c1. The molecule has 16 heavy (non-hydrogen) atoms. The summed E-state index contributed by atoms with van der Waals surface area (Å²) < 4.78 is 0. The monoisotopic (exact) mass is 220 g/mol. The van der Waals surface area contributed by atoms with Crippen LogP contribution >= 0.6 is 0 Å². The summed E-state index contributed by atoms with van der Waals surface area (Å²) >= 11 is 0. The summed E-state index contributed by atoms with van der Waals surface area (Å²) in [5.41, 5.74) is 2.71. The van der Waals surface area contributed by atoms with Crippen molar-refractivity contribution in [3.8, 4) is 0 Å². The van der Waals surface area contributed by atoms with Crippen LogP contribution in [0.3, 0.4) is 0 Å². The highest BCUT2D eigenvalue weighted by molar-refractivity contribution is 5.24. The lowest BCUT2D eigenvalue weighted by molar-refractivity contribution is 0.389. The third-order valence-electron chi connectivity index (χ3n) is 2.77. The van der Waals surface area contributed by atoms with Crippen molar-refractivity contribution >= 4 is 0 Å². The van der Waals surface area contributed by atoms with Gasteiger partial charge in [0.1, 0.15) is 0 Å². The van der Waals surface area contributed by atoms with Crippen molar-refractivity contribution < 1.29 is 0 Å². The molecule has 1 aromatic rings.